The molecule has 0 spiro atoms. The molecule has 1 aromatic rings. The number of carbonyl (C=O) groups is 1. The van der Waals surface area contributed by atoms with E-state index in [9.17, 15) is 18.0 Å². The molecule has 0 bridgehead atoms. The first-order valence-electron chi connectivity index (χ1n) is 5.79. The molecule has 1 rings (SSSR count). The third-order valence-corrected chi connectivity index (χ3v) is 2.88. The first-order valence-corrected chi connectivity index (χ1v) is 6.26. The Hall–Kier alpha value is -1.63. The lowest BCUT2D eigenvalue weighted by Gasteiger charge is -2.29. The highest BCUT2D eigenvalue weighted by Crippen LogP contribution is 2.27. The number of rotatable bonds is 5. The van der Waals surface area contributed by atoms with Gasteiger partial charge in [-0.3, -0.25) is 4.79 Å². The molecule has 110 valence electrons. The molecule has 0 saturated heterocycles. The molecule has 0 heterocycles. The van der Waals surface area contributed by atoms with Crippen molar-refractivity contribution in [3.63, 3.8) is 0 Å². The van der Waals surface area contributed by atoms with Crippen LogP contribution in [0.25, 0.3) is 0 Å². The van der Waals surface area contributed by atoms with Gasteiger partial charge < -0.3 is 9.64 Å². The fourth-order valence-electron chi connectivity index (χ4n) is 1.70. The van der Waals surface area contributed by atoms with Crippen LogP contribution in [-0.2, 0) is 4.79 Å². The fourth-order valence-corrected chi connectivity index (χ4v) is 1.97. The monoisotopic (exact) mass is 305 g/mol. The van der Waals surface area contributed by atoms with E-state index < -0.39 is 18.1 Å². The summed E-state index contributed by atoms with van der Waals surface area (Å²) in [5, 5.41) is 1.31. The number of carbonyl (C=O) groups excluding carboxylic acids is 1. The molecule has 0 radical (unpaired) electrons. The quantitative estimate of drug-likeness (QED) is 0.781. The second kappa shape index (κ2) is 6.69. The van der Waals surface area contributed by atoms with Gasteiger partial charge in [0.2, 0.25) is 0 Å². The number of alkyl halides is 3. The number of ether oxygens (including phenoxy) is 1. The Bertz CT molecular complexity index is 473. The molecule has 0 aliphatic heterocycles. The van der Waals surface area contributed by atoms with Gasteiger partial charge in [0, 0.05) is 11.7 Å². The van der Waals surface area contributed by atoms with E-state index in [1.54, 1.807) is 0 Å². The van der Waals surface area contributed by atoms with Gasteiger partial charge in [-0.05, 0) is 43.0 Å². The van der Waals surface area contributed by atoms with Crippen LogP contribution >= 0.6 is 12.2 Å². The van der Waals surface area contributed by atoms with Gasteiger partial charge in [0.1, 0.15) is 5.75 Å². The minimum atomic E-state index is -4.93. The van der Waals surface area contributed by atoms with Gasteiger partial charge in [0.25, 0.3) is 0 Å². The van der Waals surface area contributed by atoms with Gasteiger partial charge >= 0.3 is 12.1 Å². The number of thiocarbonyl (C=S) groups is 1. The van der Waals surface area contributed by atoms with E-state index in [2.05, 4.69) is 12.2 Å². The highest BCUT2D eigenvalue weighted by atomic mass is 32.1. The van der Waals surface area contributed by atoms with Crippen molar-refractivity contribution in [1.29, 1.82) is 0 Å². The van der Waals surface area contributed by atoms with Gasteiger partial charge in [-0.15, -0.1) is 0 Å². The maximum absolute atomic E-state index is 12.7. The zero-order valence-electron chi connectivity index (χ0n) is 11.0. The van der Waals surface area contributed by atoms with Crippen molar-refractivity contribution < 1.29 is 22.7 Å². The summed E-state index contributed by atoms with van der Waals surface area (Å²) in [5.74, 6) is -1.41. The van der Waals surface area contributed by atoms with Crippen molar-refractivity contribution in [3.8, 4) is 5.75 Å². The molecule has 1 atom stereocenters. The minimum absolute atomic E-state index is 0.150. The first kappa shape index (κ1) is 16.4. The molecule has 1 unspecified atom stereocenters. The van der Waals surface area contributed by atoms with Crippen LogP contribution < -0.4 is 9.64 Å². The molecular formula is C13H14F3NO2S. The largest absolute Gasteiger partial charge is 0.497 e. The van der Waals surface area contributed by atoms with E-state index in [1.807, 2.05) is 0 Å². The number of nitrogens with zero attached hydrogens (tertiary/aromatic N) is 1. The number of methoxy groups -OCH3 is 1. The normalized spacial score (nSPS) is 12.7. The third-order valence-electron chi connectivity index (χ3n) is 2.69. The molecule has 0 fully saturated rings. The summed E-state index contributed by atoms with van der Waals surface area (Å²) in [6.07, 6.45) is -4.75. The highest BCUT2D eigenvalue weighted by molar-refractivity contribution is 7.78. The zero-order chi connectivity index (χ0) is 15.3. The van der Waals surface area contributed by atoms with Crippen molar-refractivity contribution in [1.82, 2.24) is 0 Å². The van der Waals surface area contributed by atoms with E-state index in [0.717, 1.165) is 0 Å². The second-order valence-corrected chi connectivity index (χ2v) is 4.46. The molecule has 3 nitrogen and oxygen atoms in total. The van der Waals surface area contributed by atoms with Crippen LogP contribution in [0.3, 0.4) is 0 Å². The van der Waals surface area contributed by atoms with E-state index in [-0.39, 0.29) is 12.1 Å². The number of hydrogen-bond donors (Lipinski definition) is 0. The Morgan fingerprint density at radius 3 is 2.35 bits per heavy atom. The minimum Gasteiger partial charge on any atom is -0.497 e. The molecular weight excluding hydrogens is 291 g/mol. The Balaban J connectivity index is 3.15. The lowest BCUT2D eigenvalue weighted by atomic mass is 10.1. The molecule has 20 heavy (non-hydrogen) atoms. The summed E-state index contributed by atoms with van der Waals surface area (Å²) >= 11 is 4.65. The summed E-state index contributed by atoms with van der Waals surface area (Å²) in [6.45, 7) is 1.51. The molecule has 0 N–H and O–H groups in total. The second-order valence-electron chi connectivity index (χ2n) is 4.12. The lowest BCUT2D eigenvalue weighted by molar-refractivity contribution is -0.170. The van der Waals surface area contributed by atoms with E-state index in [0.29, 0.717) is 10.6 Å². The van der Waals surface area contributed by atoms with Gasteiger partial charge in [0.05, 0.1) is 7.11 Å². The standard InChI is InChI=1S/C13H14F3NO2S/c1-9(7-8-20)17(12(18)13(14,15)16)10-3-5-11(19-2)6-4-10/h3-6,8-9H,7H2,1-2H3. The molecule has 0 aliphatic rings. The maximum atomic E-state index is 12.7. The van der Waals surface area contributed by atoms with Crippen LogP contribution in [-0.4, -0.2) is 30.6 Å². The van der Waals surface area contributed by atoms with Gasteiger partial charge in [-0.25, -0.2) is 0 Å². The lowest BCUT2D eigenvalue weighted by Crippen LogP contribution is -2.46. The smallest absolute Gasteiger partial charge is 0.471 e. The molecule has 1 aromatic carbocycles. The fraction of sp³-hybridized carbons (Fsp3) is 0.385. The van der Waals surface area contributed by atoms with Crippen LogP contribution in [0.4, 0.5) is 18.9 Å². The third kappa shape index (κ3) is 3.93. The molecule has 0 aliphatic carbocycles. The van der Waals surface area contributed by atoms with Crippen molar-refractivity contribution in [2.24, 2.45) is 0 Å². The average Bonchev–Trinajstić information content (AvgIpc) is 2.39. The van der Waals surface area contributed by atoms with E-state index in [4.69, 9.17) is 4.74 Å². The zero-order valence-corrected chi connectivity index (χ0v) is 11.8. The number of amides is 1. The molecule has 7 heteroatoms. The van der Waals surface area contributed by atoms with E-state index in [1.165, 1.54) is 43.7 Å². The summed E-state index contributed by atoms with van der Waals surface area (Å²) in [6, 6.07) is 5.12. The first-order chi connectivity index (χ1) is 9.31. The number of benzene rings is 1. The molecule has 1 amide bonds. The van der Waals surface area contributed by atoms with Crippen LogP contribution in [0.1, 0.15) is 13.3 Å². The predicted octanol–water partition coefficient (Wildman–Crippen LogP) is 3.37. The predicted molar refractivity (Wildman–Crippen MR) is 74.3 cm³/mol. The van der Waals surface area contributed by atoms with Crippen molar-refractivity contribution in [2.45, 2.75) is 25.6 Å². The summed E-state index contributed by atoms with van der Waals surface area (Å²) < 4.78 is 43.0. The Morgan fingerprint density at radius 1 is 1.40 bits per heavy atom. The summed E-state index contributed by atoms with van der Waals surface area (Å²) in [5.41, 5.74) is 0.150. The Labute approximate surface area is 120 Å². The van der Waals surface area contributed by atoms with Crippen LogP contribution in [0.15, 0.2) is 24.3 Å². The van der Waals surface area contributed by atoms with Crippen LogP contribution in [0.2, 0.25) is 0 Å². The summed E-state index contributed by atoms with van der Waals surface area (Å²) in [7, 11) is 1.45. The average molecular weight is 305 g/mol. The Morgan fingerprint density at radius 2 is 1.95 bits per heavy atom. The van der Waals surface area contributed by atoms with Gasteiger partial charge in [-0.2, -0.15) is 13.2 Å². The van der Waals surface area contributed by atoms with Crippen molar-refractivity contribution >= 4 is 29.2 Å². The molecule has 0 saturated carbocycles. The highest BCUT2D eigenvalue weighted by Gasteiger charge is 2.44. The molecule has 0 aromatic heterocycles. The van der Waals surface area contributed by atoms with Gasteiger partial charge in [0.15, 0.2) is 0 Å². The maximum Gasteiger partial charge on any atom is 0.471 e. The van der Waals surface area contributed by atoms with Gasteiger partial charge in [-0.1, -0.05) is 12.2 Å². The van der Waals surface area contributed by atoms with Crippen molar-refractivity contribution in [3.05, 3.63) is 24.3 Å². The SMILES string of the molecule is COc1ccc(N(C(=O)C(F)(F)F)C(C)CC=S)cc1. The topological polar surface area (TPSA) is 29.5 Å². The van der Waals surface area contributed by atoms with Crippen LogP contribution in [0.5, 0.6) is 5.75 Å². The van der Waals surface area contributed by atoms with Crippen molar-refractivity contribution in [2.75, 3.05) is 12.0 Å². The summed E-state index contributed by atoms with van der Waals surface area (Å²) in [4.78, 5) is 12.3. The Kier molecular flexibility index (Phi) is 5.50. The number of hydrogen-bond acceptors (Lipinski definition) is 3. The van der Waals surface area contributed by atoms with Crippen LogP contribution in [0, 0.1) is 0 Å². The van der Waals surface area contributed by atoms with E-state index >= 15 is 0 Å². The number of halogens is 3. The number of anilines is 1.